The van der Waals surface area contributed by atoms with Crippen LogP contribution < -0.4 is 10.1 Å². The molecule has 4 rings (SSSR count). The average molecular weight is 441 g/mol. The first-order valence-electron chi connectivity index (χ1n) is 9.25. The second-order valence-electron chi connectivity index (χ2n) is 6.86. The molecule has 0 radical (unpaired) electrons. The molecule has 0 saturated heterocycles. The lowest BCUT2D eigenvalue weighted by molar-refractivity contribution is -0.118. The molecule has 7 heteroatoms. The minimum absolute atomic E-state index is 0.118. The third-order valence-electron chi connectivity index (χ3n) is 4.68. The van der Waals surface area contributed by atoms with Crippen LogP contribution in [0.25, 0.3) is 22.6 Å². The summed E-state index contributed by atoms with van der Waals surface area (Å²) in [4.78, 5) is 16.9. The maximum atomic E-state index is 12.4. The summed E-state index contributed by atoms with van der Waals surface area (Å²) < 4.78 is 11.5. The van der Waals surface area contributed by atoms with Gasteiger partial charge in [0.25, 0.3) is 5.91 Å². The Morgan fingerprint density at radius 3 is 2.63 bits per heavy atom. The summed E-state index contributed by atoms with van der Waals surface area (Å²) in [5.74, 6) is 0.813. The van der Waals surface area contributed by atoms with Crippen molar-refractivity contribution in [3.05, 3.63) is 75.8 Å². The van der Waals surface area contributed by atoms with Crippen molar-refractivity contribution < 1.29 is 13.9 Å². The van der Waals surface area contributed by atoms with Crippen LogP contribution in [0.3, 0.4) is 0 Å². The number of aryl methyl sites for hydroxylation is 1. The van der Waals surface area contributed by atoms with Crippen molar-refractivity contribution in [2.45, 2.75) is 13.8 Å². The maximum absolute atomic E-state index is 12.4. The topological polar surface area (TPSA) is 64.4 Å². The lowest BCUT2D eigenvalue weighted by Crippen LogP contribution is -2.21. The Bertz CT molecular complexity index is 1250. The second kappa shape index (κ2) is 8.38. The molecule has 1 aromatic heterocycles. The van der Waals surface area contributed by atoms with E-state index in [1.165, 1.54) is 0 Å². The lowest BCUT2D eigenvalue weighted by atomic mass is 10.1. The van der Waals surface area contributed by atoms with Crippen LogP contribution in [0.15, 0.2) is 59.0 Å². The molecule has 0 aliphatic carbocycles. The smallest absolute Gasteiger partial charge is 0.262 e. The molecule has 0 fully saturated rings. The Morgan fingerprint density at radius 1 is 1.07 bits per heavy atom. The van der Waals surface area contributed by atoms with Gasteiger partial charge in [-0.2, -0.15) is 0 Å². The number of anilines is 1. The van der Waals surface area contributed by atoms with Gasteiger partial charge in [0.1, 0.15) is 11.3 Å². The first-order valence-corrected chi connectivity index (χ1v) is 10.0. The van der Waals surface area contributed by atoms with Crippen molar-refractivity contribution in [2.75, 3.05) is 11.9 Å². The first kappa shape index (κ1) is 20.3. The number of nitrogens with zero attached hydrogens (tertiary/aromatic N) is 1. The van der Waals surface area contributed by atoms with Gasteiger partial charge in [0.15, 0.2) is 12.2 Å². The van der Waals surface area contributed by atoms with Gasteiger partial charge in [-0.1, -0.05) is 29.3 Å². The van der Waals surface area contributed by atoms with Gasteiger partial charge in [-0.25, -0.2) is 4.98 Å². The summed E-state index contributed by atoms with van der Waals surface area (Å²) in [5, 5.41) is 4.10. The molecule has 1 heterocycles. The van der Waals surface area contributed by atoms with Crippen molar-refractivity contribution >= 4 is 45.9 Å². The van der Waals surface area contributed by atoms with Gasteiger partial charge in [-0.05, 0) is 73.5 Å². The fourth-order valence-electron chi connectivity index (χ4n) is 3.12. The molecule has 0 atom stereocenters. The van der Waals surface area contributed by atoms with Crippen LogP contribution >= 0.6 is 23.2 Å². The zero-order chi connectivity index (χ0) is 21.3. The molecule has 0 spiro atoms. The van der Waals surface area contributed by atoms with Crippen LogP contribution in [-0.2, 0) is 4.79 Å². The van der Waals surface area contributed by atoms with Crippen molar-refractivity contribution in [3.63, 3.8) is 0 Å². The van der Waals surface area contributed by atoms with Crippen LogP contribution in [0.1, 0.15) is 11.1 Å². The van der Waals surface area contributed by atoms with Gasteiger partial charge in [-0.15, -0.1) is 0 Å². The Labute approximate surface area is 183 Å². The largest absolute Gasteiger partial charge is 0.483 e. The summed E-state index contributed by atoms with van der Waals surface area (Å²) in [6, 6.07) is 16.1. The van der Waals surface area contributed by atoms with Crippen molar-refractivity contribution in [3.8, 4) is 17.2 Å². The minimum atomic E-state index is -0.269. The Morgan fingerprint density at radius 2 is 1.83 bits per heavy atom. The number of hydrogen-bond donors (Lipinski definition) is 1. The maximum Gasteiger partial charge on any atom is 0.262 e. The average Bonchev–Trinajstić information content (AvgIpc) is 3.11. The molecule has 30 heavy (non-hydrogen) atoms. The summed E-state index contributed by atoms with van der Waals surface area (Å²) in [6.45, 7) is 3.66. The van der Waals surface area contributed by atoms with Gasteiger partial charge in [0.2, 0.25) is 5.89 Å². The highest BCUT2D eigenvalue weighted by atomic mass is 35.5. The molecule has 0 unspecified atom stereocenters. The Kier molecular flexibility index (Phi) is 5.66. The molecular formula is C23H18Cl2N2O3. The standard InChI is InChI=1S/C23H18Cl2N2O3/c1-13-10-15(24)6-8-20(13)29-12-22(28)26-18-5-3-4-17(14(18)2)23-27-19-11-16(25)7-9-21(19)30-23/h3-11H,12H2,1-2H3,(H,26,28). The third-order valence-corrected chi connectivity index (χ3v) is 5.15. The number of rotatable bonds is 5. The van der Waals surface area contributed by atoms with Gasteiger partial charge < -0.3 is 14.5 Å². The van der Waals surface area contributed by atoms with Crippen LogP contribution in [0.2, 0.25) is 10.0 Å². The normalized spacial score (nSPS) is 10.9. The summed E-state index contributed by atoms with van der Waals surface area (Å²) in [5.41, 5.74) is 4.48. The quantitative estimate of drug-likeness (QED) is 0.387. The number of benzene rings is 3. The van der Waals surface area contributed by atoms with Crippen molar-refractivity contribution in [2.24, 2.45) is 0 Å². The summed E-state index contributed by atoms with van der Waals surface area (Å²) >= 11 is 12.0. The fourth-order valence-corrected chi connectivity index (χ4v) is 3.52. The number of halogens is 2. The molecule has 152 valence electrons. The molecule has 4 aromatic rings. The monoisotopic (exact) mass is 440 g/mol. The minimum Gasteiger partial charge on any atom is -0.483 e. The SMILES string of the molecule is Cc1cc(Cl)ccc1OCC(=O)Nc1cccc(-c2nc3cc(Cl)ccc3o2)c1C. The number of hydrogen-bond acceptors (Lipinski definition) is 4. The molecule has 0 aliphatic rings. The zero-order valence-corrected chi connectivity index (χ0v) is 17.8. The number of carbonyl (C=O) groups is 1. The van der Waals surface area contributed by atoms with E-state index in [9.17, 15) is 4.79 Å². The predicted molar refractivity (Wildman–Crippen MR) is 120 cm³/mol. The molecule has 3 aromatic carbocycles. The molecule has 5 nitrogen and oxygen atoms in total. The van der Waals surface area contributed by atoms with Gasteiger partial charge in [0, 0.05) is 21.3 Å². The fraction of sp³-hybridized carbons (Fsp3) is 0.130. The van der Waals surface area contributed by atoms with E-state index in [-0.39, 0.29) is 12.5 Å². The van der Waals surface area contributed by atoms with Crippen LogP contribution in [0, 0.1) is 13.8 Å². The molecule has 1 amide bonds. The third kappa shape index (κ3) is 4.27. The second-order valence-corrected chi connectivity index (χ2v) is 7.73. The van der Waals surface area contributed by atoms with E-state index in [0.29, 0.717) is 38.5 Å². The highest BCUT2D eigenvalue weighted by Gasteiger charge is 2.15. The van der Waals surface area contributed by atoms with E-state index in [1.54, 1.807) is 36.4 Å². The number of aromatic nitrogens is 1. The number of carbonyl (C=O) groups excluding carboxylic acids is 1. The number of amides is 1. The van der Waals surface area contributed by atoms with Crippen molar-refractivity contribution in [1.82, 2.24) is 4.98 Å². The summed E-state index contributed by atoms with van der Waals surface area (Å²) in [7, 11) is 0. The highest BCUT2D eigenvalue weighted by molar-refractivity contribution is 6.31. The first-order chi connectivity index (χ1) is 14.4. The van der Waals surface area contributed by atoms with Gasteiger partial charge in [-0.3, -0.25) is 4.79 Å². The molecular weight excluding hydrogens is 423 g/mol. The van der Waals surface area contributed by atoms with E-state index in [1.807, 2.05) is 32.0 Å². The van der Waals surface area contributed by atoms with E-state index in [0.717, 1.165) is 16.7 Å². The number of nitrogens with one attached hydrogen (secondary N) is 1. The van der Waals surface area contributed by atoms with Gasteiger partial charge >= 0.3 is 0 Å². The van der Waals surface area contributed by atoms with E-state index >= 15 is 0 Å². The molecule has 0 bridgehead atoms. The molecule has 1 N–H and O–H groups in total. The predicted octanol–water partition coefficient (Wildman–Crippen LogP) is 6.44. The van der Waals surface area contributed by atoms with Crippen LogP contribution in [-0.4, -0.2) is 17.5 Å². The Balaban J connectivity index is 1.51. The number of fused-ring (bicyclic) bond motifs is 1. The zero-order valence-electron chi connectivity index (χ0n) is 16.3. The van der Waals surface area contributed by atoms with Crippen molar-refractivity contribution in [1.29, 1.82) is 0 Å². The van der Waals surface area contributed by atoms with E-state index < -0.39 is 0 Å². The lowest BCUT2D eigenvalue weighted by Gasteiger charge is -2.12. The van der Waals surface area contributed by atoms with E-state index in [2.05, 4.69) is 10.3 Å². The molecule has 0 aliphatic heterocycles. The van der Waals surface area contributed by atoms with E-state index in [4.69, 9.17) is 32.4 Å². The number of ether oxygens (including phenoxy) is 1. The van der Waals surface area contributed by atoms with Crippen LogP contribution in [0.5, 0.6) is 5.75 Å². The molecule has 0 saturated carbocycles. The van der Waals surface area contributed by atoms with Crippen LogP contribution in [0.4, 0.5) is 5.69 Å². The van der Waals surface area contributed by atoms with Gasteiger partial charge in [0.05, 0.1) is 0 Å². The summed E-state index contributed by atoms with van der Waals surface area (Å²) in [6.07, 6.45) is 0. The Hall–Kier alpha value is -3.02. The number of oxazole rings is 1. The highest BCUT2D eigenvalue weighted by Crippen LogP contribution is 2.31.